The number of carbonyl (C=O) groups excluding carboxylic acids is 1. The molecule has 2 aromatic rings. The number of halogens is 1. The van der Waals surface area contributed by atoms with Gasteiger partial charge in [0.1, 0.15) is 5.01 Å². The minimum atomic E-state index is 0.152. The molecule has 1 atom stereocenters. The van der Waals surface area contributed by atoms with Crippen molar-refractivity contribution in [2.45, 2.75) is 25.8 Å². The van der Waals surface area contributed by atoms with Gasteiger partial charge < -0.3 is 4.90 Å². The summed E-state index contributed by atoms with van der Waals surface area (Å²) in [5.41, 5.74) is 0.967. The fraction of sp³-hybridized carbons (Fsp3) is 0.385. The number of likely N-dealkylation sites (tertiary alicyclic amines) is 1. The van der Waals surface area contributed by atoms with Gasteiger partial charge in [0.05, 0.1) is 16.3 Å². The lowest BCUT2D eigenvalue weighted by atomic mass is 10.2. The van der Waals surface area contributed by atoms with E-state index < -0.39 is 0 Å². The zero-order valence-electron chi connectivity index (χ0n) is 10.0. The van der Waals surface area contributed by atoms with Crippen LogP contribution in [0.15, 0.2) is 18.2 Å². The number of fused-ring (bicyclic) bond motifs is 1. The first-order chi connectivity index (χ1) is 8.69. The second kappa shape index (κ2) is 4.52. The van der Waals surface area contributed by atoms with Crippen LogP contribution < -0.4 is 0 Å². The van der Waals surface area contributed by atoms with Crippen LogP contribution in [0, 0.1) is 0 Å². The highest BCUT2D eigenvalue weighted by atomic mass is 35.5. The van der Waals surface area contributed by atoms with Crippen LogP contribution in [-0.2, 0) is 4.79 Å². The molecule has 0 saturated carbocycles. The molecule has 1 unspecified atom stereocenters. The van der Waals surface area contributed by atoms with Gasteiger partial charge in [-0.3, -0.25) is 4.79 Å². The predicted octanol–water partition coefficient (Wildman–Crippen LogP) is 3.63. The highest BCUT2D eigenvalue weighted by molar-refractivity contribution is 7.18. The van der Waals surface area contributed by atoms with Crippen molar-refractivity contribution in [2.75, 3.05) is 6.54 Å². The van der Waals surface area contributed by atoms with Crippen molar-refractivity contribution >= 4 is 39.1 Å². The highest BCUT2D eigenvalue weighted by Gasteiger charge is 2.32. The third-order valence-electron chi connectivity index (χ3n) is 3.32. The molecular formula is C13H13ClN2OS. The first-order valence-electron chi connectivity index (χ1n) is 6.04. The van der Waals surface area contributed by atoms with Crippen LogP contribution in [0.4, 0.5) is 0 Å². The van der Waals surface area contributed by atoms with Crippen molar-refractivity contribution in [3.63, 3.8) is 0 Å². The smallest absolute Gasteiger partial charge is 0.223 e. The van der Waals surface area contributed by atoms with E-state index in [0.717, 1.165) is 33.2 Å². The maximum Gasteiger partial charge on any atom is 0.223 e. The third-order valence-corrected chi connectivity index (χ3v) is 4.68. The number of thiazole rings is 1. The molecule has 5 heteroatoms. The molecule has 1 aliphatic rings. The van der Waals surface area contributed by atoms with E-state index in [2.05, 4.69) is 4.98 Å². The fourth-order valence-electron chi connectivity index (χ4n) is 2.45. The molecule has 0 aliphatic carbocycles. The molecule has 94 valence electrons. The SMILES string of the molecule is CCN1C(=O)CCC1c1nc2ccc(Cl)cc2s1. The lowest BCUT2D eigenvalue weighted by Crippen LogP contribution is -2.27. The summed E-state index contributed by atoms with van der Waals surface area (Å²) in [4.78, 5) is 18.3. The summed E-state index contributed by atoms with van der Waals surface area (Å²) in [7, 11) is 0. The monoisotopic (exact) mass is 280 g/mol. The molecule has 1 amide bonds. The van der Waals surface area contributed by atoms with Crippen molar-refractivity contribution in [3.05, 3.63) is 28.2 Å². The lowest BCUT2D eigenvalue weighted by molar-refractivity contribution is -0.128. The molecule has 0 spiro atoms. The molecule has 3 rings (SSSR count). The quantitative estimate of drug-likeness (QED) is 0.841. The van der Waals surface area contributed by atoms with E-state index in [9.17, 15) is 4.79 Å². The van der Waals surface area contributed by atoms with E-state index >= 15 is 0 Å². The zero-order chi connectivity index (χ0) is 12.7. The Morgan fingerprint density at radius 1 is 1.56 bits per heavy atom. The summed E-state index contributed by atoms with van der Waals surface area (Å²) in [5, 5.41) is 1.76. The second-order valence-electron chi connectivity index (χ2n) is 4.40. The summed E-state index contributed by atoms with van der Waals surface area (Å²) < 4.78 is 1.09. The average Bonchev–Trinajstić information content (AvgIpc) is 2.91. The Kier molecular flexibility index (Phi) is 2.99. The van der Waals surface area contributed by atoms with Gasteiger partial charge in [0.15, 0.2) is 0 Å². The molecule has 1 saturated heterocycles. The minimum absolute atomic E-state index is 0.152. The van der Waals surface area contributed by atoms with Crippen LogP contribution in [0.2, 0.25) is 5.02 Å². The van der Waals surface area contributed by atoms with Crippen LogP contribution >= 0.6 is 22.9 Å². The molecule has 2 heterocycles. The third kappa shape index (κ3) is 1.89. The number of benzene rings is 1. The summed E-state index contributed by atoms with van der Waals surface area (Å²) in [6, 6.07) is 5.87. The number of rotatable bonds is 2. The maximum absolute atomic E-state index is 11.7. The molecular weight excluding hydrogens is 268 g/mol. The first-order valence-corrected chi connectivity index (χ1v) is 7.24. The van der Waals surface area contributed by atoms with Gasteiger partial charge in [-0.1, -0.05) is 11.6 Å². The second-order valence-corrected chi connectivity index (χ2v) is 5.90. The molecule has 18 heavy (non-hydrogen) atoms. The van der Waals surface area contributed by atoms with Crippen molar-refractivity contribution in [3.8, 4) is 0 Å². The van der Waals surface area contributed by atoms with Gasteiger partial charge in [0, 0.05) is 18.0 Å². The van der Waals surface area contributed by atoms with Crippen molar-refractivity contribution < 1.29 is 4.79 Å². The Bertz CT molecular complexity index is 610. The highest BCUT2D eigenvalue weighted by Crippen LogP contribution is 2.37. The number of aromatic nitrogens is 1. The average molecular weight is 281 g/mol. The number of hydrogen-bond donors (Lipinski definition) is 0. The topological polar surface area (TPSA) is 33.2 Å². The molecule has 1 fully saturated rings. The summed E-state index contributed by atoms with van der Waals surface area (Å²) in [6.45, 7) is 2.76. The van der Waals surface area contributed by atoms with E-state index in [4.69, 9.17) is 11.6 Å². The Hall–Kier alpha value is -1.13. The maximum atomic E-state index is 11.7. The molecule has 1 aliphatic heterocycles. The summed E-state index contributed by atoms with van der Waals surface area (Å²) >= 11 is 7.62. The Morgan fingerprint density at radius 3 is 3.17 bits per heavy atom. The summed E-state index contributed by atoms with van der Waals surface area (Å²) in [6.07, 6.45) is 1.51. The van der Waals surface area contributed by atoms with E-state index in [1.165, 1.54) is 0 Å². The van der Waals surface area contributed by atoms with E-state index in [1.54, 1.807) is 11.3 Å². The van der Waals surface area contributed by atoms with Crippen LogP contribution in [0.5, 0.6) is 0 Å². The lowest BCUT2D eigenvalue weighted by Gasteiger charge is -2.20. The van der Waals surface area contributed by atoms with Crippen LogP contribution in [0.3, 0.4) is 0 Å². The van der Waals surface area contributed by atoms with Crippen molar-refractivity contribution in [1.82, 2.24) is 9.88 Å². The molecule has 0 N–H and O–H groups in total. The molecule has 3 nitrogen and oxygen atoms in total. The van der Waals surface area contributed by atoms with Gasteiger partial charge in [-0.15, -0.1) is 11.3 Å². The van der Waals surface area contributed by atoms with E-state index in [-0.39, 0.29) is 11.9 Å². The summed E-state index contributed by atoms with van der Waals surface area (Å²) in [5.74, 6) is 0.236. The number of carbonyl (C=O) groups is 1. The van der Waals surface area contributed by atoms with Crippen molar-refractivity contribution in [1.29, 1.82) is 0 Å². The standard InChI is InChI=1S/C13H13ClN2OS/c1-2-16-10(5-6-12(16)17)13-15-9-4-3-8(14)7-11(9)18-13/h3-4,7,10H,2,5-6H2,1H3. The number of amides is 1. The van der Waals surface area contributed by atoms with Crippen molar-refractivity contribution in [2.24, 2.45) is 0 Å². The van der Waals surface area contributed by atoms with Crippen LogP contribution in [0.1, 0.15) is 30.8 Å². The predicted molar refractivity (Wildman–Crippen MR) is 74.0 cm³/mol. The molecule has 1 aromatic heterocycles. The largest absolute Gasteiger partial charge is 0.333 e. The Morgan fingerprint density at radius 2 is 2.39 bits per heavy atom. The van der Waals surface area contributed by atoms with Crippen LogP contribution in [-0.4, -0.2) is 22.3 Å². The number of hydrogen-bond acceptors (Lipinski definition) is 3. The van der Waals surface area contributed by atoms with Gasteiger partial charge in [0.2, 0.25) is 5.91 Å². The van der Waals surface area contributed by atoms with Gasteiger partial charge >= 0.3 is 0 Å². The molecule has 0 radical (unpaired) electrons. The van der Waals surface area contributed by atoms with Crippen LogP contribution in [0.25, 0.3) is 10.2 Å². The number of nitrogens with zero attached hydrogens (tertiary/aromatic N) is 2. The van der Waals surface area contributed by atoms with Gasteiger partial charge in [-0.05, 0) is 31.5 Å². The van der Waals surface area contributed by atoms with Gasteiger partial charge in [-0.2, -0.15) is 0 Å². The fourth-order valence-corrected chi connectivity index (χ4v) is 3.84. The molecule has 1 aromatic carbocycles. The van der Waals surface area contributed by atoms with Gasteiger partial charge in [0.25, 0.3) is 0 Å². The Balaban J connectivity index is 2.01. The van der Waals surface area contributed by atoms with Gasteiger partial charge in [-0.25, -0.2) is 4.98 Å². The normalized spacial score (nSPS) is 20.0. The minimum Gasteiger partial charge on any atom is -0.333 e. The van der Waals surface area contributed by atoms with E-state index in [0.29, 0.717) is 6.42 Å². The van der Waals surface area contributed by atoms with E-state index in [1.807, 2.05) is 30.0 Å². The first kappa shape index (κ1) is 11.9. The molecule has 0 bridgehead atoms. The Labute approximate surface area is 114 Å². The zero-order valence-corrected chi connectivity index (χ0v) is 11.6.